The van der Waals surface area contributed by atoms with Crippen LogP contribution in [0.2, 0.25) is 10.0 Å². The van der Waals surface area contributed by atoms with Crippen LogP contribution in [0.3, 0.4) is 0 Å². The molecule has 1 N–H and O–H groups in total. The van der Waals surface area contributed by atoms with Gasteiger partial charge in [-0.3, -0.25) is 0 Å². The summed E-state index contributed by atoms with van der Waals surface area (Å²) < 4.78 is 39.0. The molecule has 0 fully saturated rings. The number of halogens is 5. The molecule has 3 aromatic rings. The summed E-state index contributed by atoms with van der Waals surface area (Å²) in [4.78, 5) is 8.70. The summed E-state index contributed by atoms with van der Waals surface area (Å²) in [6, 6.07) is 8.23. The smallest absolute Gasteiger partial charge is 0.370 e. The fourth-order valence-corrected chi connectivity index (χ4v) is 2.67. The molecule has 1 heterocycles. The normalized spacial score (nSPS) is 11.8. The zero-order valence-corrected chi connectivity index (χ0v) is 14.5. The molecule has 0 aliphatic rings. The van der Waals surface area contributed by atoms with Crippen LogP contribution in [-0.2, 0) is 6.18 Å². The number of benzene rings is 2. The number of anilines is 1. The van der Waals surface area contributed by atoms with Crippen molar-refractivity contribution in [2.24, 2.45) is 0 Å². The summed E-state index contributed by atoms with van der Waals surface area (Å²) in [6.07, 6.45) is -4.44. The predicted octanol–water partition coefficient (Wildman–Crippen LogP) is 6.05. The number of nitrogens with one attached hydrogen (secondary N) is 1. The second-order valence-electron chi connectivity index (χ2n) is 5.28. The summed E-state index contributed by atoms with van der Waals surface area (Å²) in [5, 5.41) is 4.26. The van der Waals surface area contributed by atoms with E-state index in [1.165, 1.54) is 6.07 Å². The van der Waals surface area contributed by atoms with Crippen molar-refractivity contribution < 1.29 is 13.2 Å². The molecule has 130 valence electrons. The zero-order chi connectivity index (χ0) is 18.2. The maximum atomic E-state index is 13.0. The summed E-state index contributed by atoms with van der Waals surface area (Å²) in [6.45, 7) is 2.44. The van der Waals surface area contributed by atoms with Crippen molar-refractivity contribution in [1.82, 2.24) is 9.97 Å². The Morgan fingerprint density at radius 3 is 2.40 bits per heavy atom. The summed E-state index contributed by atoms with van der Waals surface area (Å²) in [5.41, 5.74) is -0.00375. The van der Waals surface area contributed by atoms with E-state index in [1.54, 1.807) is 18.2 Å². The topological polar surface area (TPSA) is 37.8 Å². The SMILES string of the molecule is CCNc1nc(-c2ccc(Cl)c(Cl)c2)nc2cc(C(F)(F)F)ccc12. The molecule has 2 aromatic carbocycles. The molecular formula is C17H12Cl2F3N3. The second kappa shape index (κ2) is 6.69. The molecule has 0 spiro atoms. The minimum Gasteiger partial charge on any atom is -0.370 e. The van der Waals surface area contributed by atoms with E-state index in [0.717, 1.165) is 12.1 Å². The Morgan fingerprint density at radius 1 is 1.00 bits per heavy atom. The van der Waals surface area contributed by atoms with E-state index in [4.69, 9.17) is 23.2 Å². The number of rotatable bonds is 3. The predicted molar refractivity (Wildman–Crippen MR) is 94.2 cm³/mol. The van der Waals surface area contributed by atoms with Crippen LogP contribution in [0, 0.1) is 0 Å². The Bertz CT molecular complexity index is 942. The lowest BCUT2D eigenvalue weighted by Gasteiger charge is -2.12. The first kappa shape index (κ1) is 17.8. The van der Waals surface area contributed by atoms with Gasteiger partial charge in [-0.05, 0) is 43.3 Å². The molecule has 0 aliphatic carbocycles. The quantitative estimate of drug-likeness (QED) is 0.595. The van der Waals surface area contributed by atoms with Crippen LogP contribution in [0.1, 0.15) is 12.5 Å². The average Bonchev–Trinajstić information content (AvgIpc) is 2.56. The number of aromatic nitrogens is 2. The van der Waals surface area contributed by atoms with Gasteiger partial charge in [0.25, 0.3) is 0 Å². The van der Waals surface area contributed by atoms with Gasteiger partial charge in [0.2, 0.25) is 0 Å². The highest BCUT2D eigenvalue weighted by Gasteiger charge is 2.31. The fourth-order valence-electron chi connectivity index (χ4n) is 2.37. The van der Waals surface area contributed by atoms with Gasteiger partial charge in [0.1, 0.15) is 5.82 Å². The van der Waals surface area contributed by atoms with Crippen molar-refractivity contribution in [3.05, 3.63) is 52.0 Å². The van der Waals surface area contributed by atoms with E-state index in [0.29, 0.717) is 33.4 Å². The number of nitrogens with zero attached hydrogens (tertiary/aromatic N) is 2. The summed E-state index contributed by atoms with van der Waals surface area (Å²) in [7, 11) is 0. The van der Waals surface area contributed by atoms with Crippen molar-refractivity contribution in [3.63, 3.8) is 0 Å². The first-order chi connectivity index (χ1) is 11.8. The second-order valence-corrected chi connectivity index (χ2v) is 6.10. The molecule has 0 radical (unpaired) electrons. The molecule has 0 amide bonds. The van der Waals surface area contributed by atoms with Gasteiger partial charge in [-0.1, -0.05) is 23.2 Å². The molecule has 0 bridgehead atoms. The van der Waals surface area contributed by atoms with Crippen LogP contribution in [0.4, 0.5) is 19.0 Å². The van der Waals surface area contributed by atoms with Gasteiger partial charge in [0, 0.05) is 17.5 Å². The Labute approximate surface area is 151 Å². The van der Waals surface area contributed by atoms with Gasteiger partial charge >= 0.3 is 6.18 Å². The molecular weight excluding hydrogens is 374 g/mol. The number of hydrogen-bond donors (Lipinski definition) is 1. The molecule has 0 atom stereocenters. The third kappa shape index (κ3) is 3.65. The van der Waals surface area contributed by atoms with Crippen molar-refractivity contribution in [2.45, 2.75) is 13.1 Å². The van der Waals surface area contributed by atoms with Gasteiger partial charge in [0.15, 0.2) is 5.82 Å². The van der Waals surface area contributed by atoms with Crippen LogP contribution >= 0.6 is 23.2 Å². The van der Waals surface area contributed by atoms with Crippen LogP contribution in [0.25, 0.3) is 22.3 Å². The molecule has 0 aliphatic heterocycles. The summed E-state index contributed by atoms with van der Waals surface area (Å²) in [5.74, 6) is 0.726. The molecule has 25 heavy (non-hydrogen) atoms. The van der Waals surface area contributed by atoms with Gasteiger partial charge < -0.3 is 5.32 Å². The maximum absolute atomic E-state index is 13.0. The van der Waals surface area contributed by atoms with E-state index in [-0.39, 0.29) is 11.3 Å². The summed E-state index contributed by atoms with van der Waals surface area (Å²) >= 11 is 11.9. The van der Waals surface area contributed by atoms with Gasteiger partial charge in [-0.25, -0.2) is 9.97 Å². The standard InChI is InChI=1S/C17H12Cl2F3N3/c1-2-23-16-11-5-4-10(17(20,21)22)8-14(11)24-15(25-16)9-3-6-12(18)13(19)7-9/h3-8H,2H2,1H3,(H,23,24,25). The van der Waals surface area contributed by atoms with Gasteiger partial charge in [0.05, 0.1) is 21.1 Å². The molecule has 0 saturated carbocycles. The Hall–Kier alpha value is -2.05. The minimum atomic E-state index is -4.44. The van der Waals surface area contributed by atoms with Crippen molar-refractivity contribution in [1.29, 1.82) is 0 Å². The highest BCUT2D eigenvalue weighted by molar-refractivity contribution is 6.42. The first-order valence-electron chi connectivity index (χ1n) is 7.38. The third-order valence-corrected chi connectivity index (χ3v) is 4.29. The minimum absolute atomic E-state index is 0.196. The van der Waals surface area contributed by atoms with Gasteiger partial charge in [-0.2, -0.15) is 13.2 Å². The highest BCUT2D eigenvalue weighted by Crippen LogP contribution is 2.34. The van der Waals surface area contributed by atoms with Crippen LogP contribution in [0.15, 0.2) is 36.4 Å². The molecule has 3 nitrogen and oxygen atoms in total. The van der Waals surface area contributed by atoms with Crippen LogP contribution in [0.5, 0.6) is 0 Å². The van der Waals surface area contributed by atoms with Crippen molar-refractivity contribution in [3.8, 4) is 11.4 Å². The Balaban J connectivity index is 2.23. The molecule has 1 aromatic heterocycles. The molecule has 8 heteroatoms. The Morgan fingerprint density at radius 2 is 1.76 bits per heavy atom. The van der Waals surface area contributed by atoms with Gasteiger partial charge in [-0.15, -0.1) is 0 Å². The first-order valence-corrected chi connectivity index (χ1v) is 8.13. The van der Waals surface area contributed by atoms with Crippen molar-refractivity contribution >= 4 is 39.9 Å². The average molecular weight is 386 g/mol. The molecule has 3 rings (SSSR count). The maximum Gasteiger partial charge on any atom is 0.416 e. The largest absolute Gasteiger partial charge is 0.416 e. The number of alkyl halides is 3. The fraction of sp³-hybridized carbons (Fsp3) is 0.176. The zero-order valence-electron chi connectivity index (χ0n) is 13.0. The lowest BCUT2D eigenvalue weighted by molar-refractivity contribution is -0.137. The highest BCUT2D eigenvalue weighted by atomic mass is 35.5. The molecule has 0 unspecified atom stereocenters. The lowest BCUT2D eigenvalue weighted by Crippen LogP contribution is -2.07. The van der Waals surface area contributed by atoms with E-state index < -0.39 is 11.7 Å². The van der Waals surface area contributed by atoms with Crippen molar-refractivity contribution in [2.75, 3.05) is 11.9 Å². The Kier molecular flexibility index (Phi) is 4.75. The van der Waals surface area contributed by atoms with E-state index in [2.05, 4.69) is 15.3 Å². The van der Waals surface area contributed by atoms with E-state index >= 15 is 0 Å². The monoisotopic (exact) mass is 385 g/mol. The number of hydrogen-bond acceptors (Lipinski definition) is 3. The van der Waals surface area contributed by atoms with E-state index in [1.807, 2.05) is 6.92 Å². The van der Waals surface area contributed by atoms with Crippen LogP contribution in [-0.4, -0.2) is 16.5 Å². The molecule has 0 saturated heterocycles. The van der Waals surface area contributed by atoms with Crippen LogP contribution < -0.4 is 5.32 Å². The third-order valence-electron chi connectivity index (χ3n) is 3.55. The number of fused-ring (bicyclic) bond motifs is 1. The lowest BCUT2D eigenvalue weighted by atomic mass is 10.1. The van der Waals surface area contributed by atoms with E-state index in [9.17, 15) is 13.2 Å².